The Bertz CT molecular complexity index is 552. The summed E-state index contributed by atoms with van der Waals surface area (Å²) in [4.78, 5) is 4.11. The fourth-order valence-corrected chi connectivity index (χ4v) is 1.67. The van der Waals surface area contributed by atoms with E-state index in [2.05, 4.69) is 10.3 Å². The van der Waals surface area contributed by atoms with Crippen LogP contribution in [0.2, 0.25) is 0 Å². The van der Waals surface area contributed by atoms with Gasteiger partial charge in [-0.3, -0.25) is 4.98 Å². The van der Waals surface area contributed by atoms with Crippen LogP contribution in [0.1, 0.15) is 6.42 Å². The number of hydrogen-bond donors (Lipinski definition) is 2. The summed E-state index contributed by atoms with van der Waals surface area (Å²) < 4.78 is 36.1. The second-order valence-electron chi connectivity index (χ2n) is 3.89. The van der Waals surface area contributed by atoms with Gasteiger partial charge in [0, 0.05) is 18.1 Å². The van der Waals surface area contributed by atoms with Crippen molar-refractivity contribution in [3.8, 4) is 0 Å². The highest BCUT2D eigenvalue weighted by Crippen LogP contribution is 2.28. The third-order valence-corrected chi connectivity index (χ3v) is 2.55. The molecule has 0 saturated carbocycles. The third kappa shape index (κ3) is 2.82. The van der Waals surface area contributed by atoms with Crippen LogP contribution in [0.4, 0.5) is 24.5 Å². The van der Waals surface area contributed by atoms with Gasteiger partial charge in [-0.05, 0) is 24.3 Å². The lowest BCUT2D eigenvalue weighted by molar-refractivity contribution is -0.131. The Labute approximate surface area is 102 Å². The number of alkyl halides is 3. The van der Waals surface area contributed by atoms with E-state index in [0.717, 1.165) is 10.9 Å². The van der Waals surface area contributed by atoms with Crippen LogP contribution in [0.15, 0.2) is 30.5 Å². The van der Waals surface area contributed by atoms with Gasteiger partial charge in [-0.1, -0.05) is 0 Å². The van der Waals surface area contributed by atoms with Crippen molar-refractivity contribution >= 4 is 22.3 Å². The summed E-state index contributed by atoms with van der Waals surface area (Å²) in [5.74, 6) is 0. The highest BCUT2D eigenvalue weighted by Gasteiger charge is 2.26. The summed E-state index contributed by atoms with van der Waals surface area (Å²) in [5.41, 5.74) is 7.52. The zero-order valence-electron chi connectivity index (χ0n) is 9.46. The SMILES string of the molecule is Nc1c(NCCC(F)(F)F)ccc2ncccc12. The molecule has 96 valence electrons. The van der Waals surface area contributed by atoms with Gasteiger partial charge in [0.05, 0.1) is 23.3 Å². The molecule has 1 aromatic carbocycles. The molecule has 0 aliphatic carbocycles. The van der Waals surface area contributed by atoms with E-state index < -0.39 is 12.6 Å². The highest BCUT2D eigenvalue weighted by atomic mass is 19.4. The van der Waals surface area contributed by atoms with Gasteiger partial charge >= 0.3 is 6.18 Å². The van der Waals surface area contributed by atoms with Crippen molar-refractivity contribution in [3.63, 3.8) is 0 Å². The number of anilines is 2. The Morgan fingerprint density at radius 2 is 2.00 bits per heavy atom. The molecule has 0 unspecified atom stereocenters. The van der Waals surface area contributed by atoms with E-state index in [4.69, 9.17) is 5.73 Å². The number of nitrogens with one attached hydrogen (secondary N) is 1. The van der Waals surface area contributed by atoms with Crippen molar-refractivity contribution in [2.45, 2.75) is 12.6 Å². The minimum Gasteiger partial charge on any atom is -0.397 e. The molecule has 0 saturated heterocycles. The van der Waals surface area contributed by atoms with Gasteiger partial charge in [0.2, 0.25) is 0 Å². The minimum absolute atomic E-state index is 0.195. The molecule has 0 bridgehead atoms. The number of pyridine rings is 1. The normalized spacial score (nSPS) is 11.7. The first-order valence-corrected chi connectivity index (χ1v) is 5.41. The van der Waals surface area contributed by atoms with Crippen LogP contribution < -0.4 is 11.1 Å². The molecule has 0 radical (unpaired) electrons. The molecule has 3 N–H and O–H groups in total. The minimum atomic E-state index is -4.17. The molecule has 0 atom stereocenters. The third-order valence-electron chi connectivity index (χ3n) is 2.55. The molecular formula is C12H12F3N3. The van der Waals surface area contributed by atoms with Crippen LogP contribution >= 0.6 is 0 Å². The number of nitrogens with two attached hydrogens (primary N) is 1. The van der Waals surface area contributed by atoms with Gasteiger partial charge in [-0.25, -0.2) is 0 Å². The number of aromatic nitrogens is 1. The molecule has 2 rings (SSSR count). The van der Waals surface area contributed by atoms with Crippen LogP contribution in [0.25, 0.3) is 10.9 Å². The van der Waals surface area contributed by atoms with Gasteiger partial charge in [0.25, 0.3) is 0 Å². The van der Waals surface area contributed by atoms with Crippen molar-refractivity contribution in [3.05, 3.63) is 30.5 Å². The van der Waals surface area contributed by atoms with Crippen LogP contribution in [0.5, 0.6) is 0 Å². The first-order valence-electron chi connectivity index (χ1n) is 5.41. The largest absolute Gasteiger partial charge is 0.397 e. The lowest BCUT2D eigenvalue weighted by Crippen LogP contribution is -2.15. The summed E-state index contributed by atoms with van der Waals surface area (Å²) in [6.45, 7) is -0.195. The van der Waals surface area contributed by atoms with E-state index in [1.54, 1.807) is 30.5 Å². The maximum absolute atomic E-state index is 12.0. The van der Waals surface area contributed by atoms with Crippen molar-refractivity contribution in [1.82, 2.24) is 4.98 Å². The molecule has 3 nitrogen and oxygen atoms in total. The Morgan fingerprint density at radius 1 is 1.22 bits per heavy atom. The molecule has 0 spiro atoms. The lowest BCUT2D eigenvalue weighted by Gasteiger charge is -2.12. The Balaban J connectivity index is 2.17. The monoisotopic (exact) mass is 255 g/mol. The van der Waals surface area contributed by atoms with Crippen LogP contribution in [0, 0.1) is 0 Å². The number of benzene rings is 1. The molecule has 0 aliphatic rings. The van der Waals surface area contributed by atoms with Gasteiger partial charge in [-0.2, -0.15) is 13.2 Å². The molecular weight excluding hydrogens is 243 g/mol. The van der Waals surface area contributed by atoms with Gasteiger partial charge in [0.15, 0.2) is 0 Å². The van der Waals surface area contributed by atoms with Crippen LogP contribution in [0.3, 0.4) is 0 Å². The molecule has 1 aromatic heterocycles. The van der Waals surface area contributed by atoms with E-state index in [1.807, 2.05) is 0 Å². The van der Waals surface area contributed by atoms with E-state index >= 15 is 0 Å². The molecule has 1 heterocycles. The van der Waals surface area contributed by atoms with Crippen LogP contribution in [-0.4, -0.2) is 17.7 Å². The summed E-state index contributed by atoms with van der Waals surface area (Å²) in [6.07, 6.45) is -3.42. The Hall–Kier alpha value is -1.98. The topological polar surface area (TPSA) is 50.9 Å². The average molecular weight is 255 g/mol. The van der Waals surface area contributed by atoms with E-state index in [-0.39, 0.29) is 6.54 Å². The zero-order chi connectivity index (χ0) is 13.2. The van der Waals surface area contributed by atoms with E-state index in [0.29, 0.717) is 11.4 Å². The maximum atomic E-state index is 12.0. The number of nitrogens with zero attached hydrogens (tertiary/aromatic N) is 1. The van der Waals surface area contributed by atoms with Crippen molar-refractivity contribution in [1.29, 1.82) is 0 Å². The average Bonchev–Trinajstić information content (AvgIpc) is 2.31. The zero-order valence-corrected chi connectivity index (χ0v) is 9.46. The van der Waals surface area contributed by atoms with Crippen molar-refractivity contribution in [2.24, 2.45) is 0 Å². The number of rotatable bonds is 3. The number of fused-ring (bicyclic) bond motifs is 1. The van der Waals surface area contributed by atoms with Gasteiger partial charge in [0.1, 0.15) is 0 Å². The molecule has 0 fully saturated rings. The number of hydrogen-bond acceptors (Lipinski definition) is 3. The highest BCUT2D eigenvalue weighted by molar-refractivity contribution is 5.96. The predicted molar refractivity (Wildman–Crippen MR) is 65.3 cm³/mol. The summed E-state index contributed by atoms with van der Waals surface area (Å²) in [7, 11) is 0. The van der Waals surface area contributed by atoms with Gasteiger partial charge < -0.3 is 11.1 Å². The first-order chi connectivity index (χ1) is 8.47. The molecule has 0 amide bonds. The Morgan fingerprint density at radius 3 is 2.72 bits per heavy atom. The van der Waals surface area contributed by atoms with Crippen LogP contribution in [-0.2, 0) is 0 Å². The smallest absolute Gasteiger partial charge is 0.390 e. The molecule has 6 heteroatoms. The number of halogens is 3. The van der Waals surface area contributed by atoms with Crippen molar-refractivity contribution < 1.29 is 13.2 Å². The maximum Gasteiger partial charge on any atom is 0.390 e. The second-order valence-corrected chi connectivity index (χ2v) is 3.89. The quantitative estimate of drug-likeness (QED) is 0.828. The fraction of sp³-hybridized carbons (Fsp3) is 0.250. The van der Waals surface area contributed by atoms with E-state index in [1.165, 1.54) is 0 Å². The number of nitrogen functional groups attached to an aromatic ring is 1. The fourth-order valence-electron chi connectivity index (χ4n) is 1.67. The summed E-state index contributed by atoms with van der Waals surface area (Å²) >= 11 is 0. The van der Waals surface area contributed by atoms with E-state index in [9.17, 15) is 13.2 Å². The van der Waals surface area contributed by atoms with Crippen molar-refractivity contribution in [2.75, 3.05) is 17.6 Å². The summed E-state index contributed by atoms with van der Waals surface area (Å²) in [6, 6.07) is 6.88. The second kappa shape index (κ2) is 4.72. The first kappa shape index (κ1) is 12.5. The summed E-state index contributed by atoms with van der Waals surface area (Å²) in [5, 5.41) is 3.42. The standard InChI is InChI=1S/C12H12F3N3/c13-12(14,15)5-7-18-10-4-3-9-8(11(10)16)2-1-6-17-9/h1-4,6,18H,5,7,16H2. The Kier molecular flexibility index (Phi) is 3.27. The lowest BCUT2D eigenvalue weighted by atomic mass is 10.1. The predicted octanol–water partition coefficient (Wildman–Crippen LogP) is 3.18. The van der Waals surface area contributed by atoms with Gasteiger partial charge in [-0.15, -0.1) is 0 Å². The molecule has 0 aliphatic heterocycles. The molecule has 2 aromatic rings. The molecule has 18 heavy (non-hydrogen) atoms.